The lowest BCUT2D eigenvalue weighted by molar-refractivity contribution is 0.649. The molecule has 0 amide bonds. The highest BCUT2D eigenvalue weighted by atomic mass is 14.9. The van der Waals surface area contributed by atoms with E-state index in [2.05, 4.69) is 59.9 Å². The van der Waals surface area contributed by atoms with Crippen LogP contribution >= 0.6 is 0 Å². The summed E-state index contributed by atoms with van der Waals surface area (Å²) in [6.45, 7) is 1.15. The lowest BCUT2D eigenvalue weighted by Gasteiger charge is -2.16. The third-order valence-electron chi connectivity index (χ3n) is 3.48. The van der Waals surface area contributed by atoms with Crippen LogP contribution in [0.4, 0.5) is 0 Å². The second kappa shape index (κ2) is 4.72. The summed E-state index contributed by atoms with van der Waals surface area (Å²) in [5, 5.41) is 3.58. The lowest BCUT2D eigenvalue weighted by Crippen LogP contribution is -2.13. The molecule has 1 nitrogen and oxygen atoms in total. The van der Waals surface area contributed by atoms with Crippen molar-refractivity contribution in [2.45, 2.75) is 18.9 Å². The maximum atomic E-state index is 3.58. The van der Waals surface area contributed by atoms with Gasteiger partial charge >= 0.3 is 0 Å². The molecule has 0 spiro atoms. The zero-order chi connectivity index (χ0) is 11.5. The summed E-state index contributed by atoms with van der Waals surface area (Å²) in [5.74, 6) is 0. The molecular formula is C16H17N. The SMILES string of the molecule is c1ccc(-c2ccccc2[C@H]2CCCN2)cc1. The second-order valence-electron chi connectivity index (χ2n) is 4.60. The number of benzene rings is 2. The van der Waals surface area contributed by atoms with Crippen molar-refractivity contribution in [2.24, 2.45) is 0 Å². The highest BCUT2D eigenvalue weighted by Crippen LogP contribution is 2.32. The molecule has 0 bridgehead atoms. The van der Waals surface area contributed by atoms with Gasteiger partial charge in [-0.25, -0.2) is 0 Å². The molecule has 1 fully saturated rings. The molecule has 0 aliphatic carbocycles. The summed E-state index contributed by atoms with van der Waals surface area (Å²) < 4.78 is 0. The van der Waals surface area contributed by atoms with Gasteiger partial charge in [-0.3, -0.25) is 0 Å². The number of nitrogens with one attached hydrogen (secondary N) is 1. The van der Waals surface area contributed by atoms with Gasteiger partial charge in [-0.05, 0) is 36.1 Å². The van der Waals surface area contributed by atoms with E-state index in [-0.39, 0.29) is 0 Å². The Morgan fingerprint density at radius 2 is 1.65 bits per heavy atom. The van der Waals surface area contributed by atoms with Crippen LogP contribution in [0.25, 0.3) is 11.1 Å². The first-order valence-electron chi connectivity index (χ1n) is 6.33. The third-order valence-corrected chi connectivity index (χ3v) is 3.48. The van der Waals surface area contributed by atoms with E-state index < -0.39 is 0 Å². The molecule has 1 N–H and O–H groups in total. The highest BCUT2D eigenvalue weighted by Gasteiger charge is 2.18. The molecule has 0 unspecified atom stereocenters. The molecule has 3 rings (SSSR count). The largest absolute Gasteiger partial charge is 0.310 e. The van der Waals surface area contributed by atoms with Crippen LogP contribution in [0.5, 0.6) is 0 Å². The molecule has 0 aromatic heterocycles. The quantitative estimate of drug-likeness (QED) is 0.817. The molecule has 86 valence electrons. The molecule has 1 aliphatic heterocycles. The summed E-state index contributed by atoms with van der Waals surface area (Å²) in [6, 6.07) is 19.9. The second-order valence-corrected chi connectivity index (χ2v) is 4.60. The minimum absolute atomic E-state index is 0.534. The van der Waals surface area contributed by atoms with Crippen molar-refractivity contribution in [3.05, 3.63) is 60.2 Å². The van der Waals surface area contributed by atoms with E-state index in [9.17, 15) is 0 Å². The van der Waals surface area contributed by atoms with Gasteiger partial charge in [0.1, 0.15) is 0 Å². The highest BCUT2D eigenvalue weighted by molar-refractivity contribution is 5.67. The zero-order valence-electron chi connectivity index (χ0n) is 9.89. The van der Waals surface area contributed by atoms with Crippen LogP contribution in [0.1, 0.15) is 24.4 Å². The molecule has 2 aromatic carbocycles. The first kappa shape index (κ1) is 10.5. The van der Waals surface area contributed by atoms with Gasteiger partial charge in [0.2, 0.25) is 0 Å². The van der Waals surface area contributed by atoms with E-state index in [4.69, 9.17) is 0 Å². The Morgan fingerprint density at radius 3 is 2.41 bits per heavy atom. The van der Waals surface area contributed by atoms with Crippen molar-refractivity contribution < 1.29 is 0 Å². The molecule has 2 aromatic rings. The van der Waals surface area contributed by atoms with Crippen molar-refractivity contribution in [2.75, 3.05) is 6.54 Å². The van der Waals surface area contributed by atoms with Crippen LogP contribution in [0.15, 0.2) is 54.6 Å². The predicted molar refractivity (Wildman–Crippen MR) is 71.9 cm³/mol. The zero-order valence-corrected chi connectivity index (χ0v) is 9.89. The fourth-order valence-electron chi connectivity index (χ4n) is 2.63. The van der Waals surface area contributed by atoms with Crippen molar-refractivity contribution >= 4 is 0 Å². The summed E-state index contributed by atoms with van der Waals surface area (Å²) in [5.41, 5.74) is 4.13. The van der Waals surface area contributed by atoms with Gasteiger partial charge in [0.15, 0.2) is 0 Å². The molecule has 1 heteroatoms. The van der Waals surface area contributed by atoms with Crippen molar-refractivity contribution in [3.8, 4) is 11.1 Å². The molecule has 1 aliphatic rings. The topological polar surface area (TPSA) is 12.0 Å². The van der Waals surface area contributed by atoms with E-state index in [0.717, 1.165) is 6.54 Å². The van der Waals surface area contributed by atoms with Gasteiger partial charge in [0, 0.05) is 6.04 Å². The van der Waals surface area contributed by atoms with E-state index in [1.807, 2.05) is 0 Å². The molecule has 0 saturated carbocycles. The minimum atomic E-state index is 0.534. The molecular weight excluding hydrogens is 206 g/mol. The van der Waals surface area contributed by atoms with E-state index in [1.165, 1.54) is 29.5 Å². The smallest absolute Gasteiger partial charge is 0.0326 e. The first-order valence-corrected chi connectivity index (χ1v) is 6.33. The number of rotatable bonds is 2. The van der Waals surface area contributed by atoms with Crippen LogP contribution in [-0.4, -0.2) is 6.54 Å². The normalized spacial score (nSPS) is 19.4. The van der Waals surface area contributed by atoms with E-state index in [1.54, 1.807) is 0 Å². The molecule has 1 heterocycles. The molecule has 1 atom stereocenters. The Hall–Kier alpha value is -1.60. The fourth-order valence-corrected chi connectivity index (χ4v) is 2.63. The van der Waals surface area contributed by atoms with Gasteiger partial charge < -0.3 is 5.32 Å². The Labute approximate surface area is 102 Å². The van der Waals surface area contributed by atoms with Gasteiger partial charge in [0.05, 0.1) is 0 Å². The molecule has 1 saturated heterocycles. The third kappa shape index (κ3) is 2.11. The van der Waals surface area contributed by atoms with Crippen LogP contribution in [0, 0.1) is 0 Å². The van der Waals surface area contributed by atoms with Gasteiger partial charge in [-0.15, -0.1) is 0 Å². The van der Waals surface area contributed by atoms with Crippen LogP contribution < -0.4 is 5.32 Å². The first-order chi connectivity index (χ1) is 8.45. The lowest BCUT2D eigenvalue weighted by atomic mass is 9.94. The summed E-state index contributed by atoms with van der Waals surface area (Å²) in [7, 11) is 0. The van der Waals surface area contributed by atoms with Crippen LogP contribution in [0.2, 0.25) is 0 Å². The predicted octanol–water partition coefficient (Wildman–Crippen LogP) is 3.78. The number of hydrogen-bond acceptors (Lipinski definition) is 1. The Morgan fingerprint density at radius 1 is 0.882 bits per heavy atom. The van der Waals surface area contributed by atoms with Crippen LogP contribution in [-0.2, 0) is 0 Å². The van der Waals surface area contributed by atoms with Gasteiger partial charge in [0.25, 0.3) is 0 Å². The summed E-state index contributed by atoms with van der Waals surface area (Å²) in [4.78, 5) is 0. The van der Waals surface area contributed by atoms with Crippen molar-refractivity contribution in [3.63, 3.8) is 0 Å². The maximum absolute atomic E-state index is 3.58. The van der Waals surface area contributed by atoms with Gasteiger partial charge in [-0.1, -0.05) is 54.6 Å². The average molecular weight is 223 g/mol. The average Bonchev–Trinajstić information content (AvgIpc) is 2.94. The van der Waals surface area contributed by atoms with Gasteiger partial charge in [-0.2, -0.15) is 0 Å². The minimum Gasteiger partial charge on any atom is -0.310 e. The Kier molecular flexibility index (Phi) is 2.93. The maximum Gasteiger partial charge on any atom is 0.0326 e. The molecule has 0 radical (unpaired) electrons. The number of hydrogen-bond donors (Lipinski definition) is 1. The van der Waals surface area contributed by atoms with E-state index >= 15 is 0 Å². The fraction of sp³-hybridized carbons (Fsp3) is 0.250. The summed E-state index contributed by atoms with van der Waals surface area (Å²) in [6.07, 6.45) is 2.54. The monoisotopic (exact) mass is 223 g/mol. The van der Waals surface area contributed by atoms with Crippen molar-refractivity contribution in [1.29, 1.82) is 0 Å². The van der Waals surface area contributed by atoms with E-state index in [0.29, 0.717) is 6.04 Å². The molecule has 17 heavy (non-hydrogen) atoms. The van der Waals surface area contributed by atoms with Crippen molar-refractivity contribution in [1.82, 2.24) is 5.32 Å². The Bertz CT molecular complexity index is 484. The van der Waals surface area contributed by atoms with Crippen LogP contribution in [0.3, 0.4) is 0 Å². The summed E-state index contributed by atoms with van der Waals surface area (Å²) >= 11 is 0. The Balaban J connectivity index is 2.04. The standard InChI is InChI=1S/C16H17N/c1-2-7-13(8-3-1)14-9-4-5-10-15(14)16-11-6-12-17-16/h1-5,7-10,16-17H,6,11-12H2/t16-/m1/s1.